The van der Waals surface area contributed by atoms with Gasteiger partial charge in [0.05, 0.1) is 32.1 Å². The van der Waals surface area contributed by atoms with Crippen LogP contribution in [0, 0.1) is 0 Å². The minimum Gasteiger partial charge on any atom is -0.379 e. The molecule has 2 aromatic heterocycles. The highest BCUT2D eigenvalue weighted by Gasteiger charge is 2.39. The molecule has 1 atom stereocenters. The first-order chi connectivity index (χ1) is 17.9. The third-order valence-corrected chi connectivity index (χ3v) is 7.26. The fourth-order valence-corrected chi connectivity index (χ4v) is 5.00. The van der Waals surface area contributed by atoms with E-state index in [1.165, 1.54) is 0 Å². The van der Waals surface area contributed by atoms with Crippen molar-refractivity contribution < 1.29 is 14.3 Å². The maximum absolute atomic E-state index is 13.2. The van der Waals surface area contributed by atoms with Crippen LogP contribution in [0.2, 0.25) is 0 Å². The molecular weight excluding hydrogens is 468 g/mol. The van der Waals surface area contributed by atoms with Crippen LogP contribution in [-0.4, -0.2) is 79.0 Å². The highest BCUT2D eigenvalue weighted by molar-refractivity contribution is 5.96. The maximum Gasteiger partial charge on any atom is 0.255 e. The SMILES string of the molecule is CC(C)c1cc(C(=O)NC2=CNC(C)(N3CCOCC3)C(c3ccnc(N4CCOCC4)c3)=C2)ccn1. The third-order valence-electron chi connectivity index (χ3n) is 7.26. The van der Waals surface area contributed by atoms with Crippen molar-refractivity contribution in [3.63, 3.8) is 0 Å². The summed E-state index contributed by atoms with van der Waals surface area (Å²) in [5, 5.41) is 6.70. The summed E-state index contributed by atoms with van der Waals surface area (Å²) in [6.07, 6.45) is 7.53. The van der Waals surface area contributed by atoms with Crippen molar-refractivity contribution in [1.29, 1.82) is 0 Å². The molecular formula is C28H36N6O3. The van der Waals surface area contributed by atoms with E-state index in [4.69, 9.17) is 9.47 Å². The Labute approximate surface area is 218 Å². The molecule has 37 heavy (non-hydrogen) atoms. The van der Waals surface area contributed by atoms with Crippen LogP contribution in [0.3, 0.4) is 0 Å². The van der Waals surface area contributed by atoms with Crippen molar-refractivity contribution in [3.05, 3.63) is 71.5 Å². The Morgan fingerprint density at radius 3 is 2.46 bits per heavy atom. The van der Waals surface area contributed by atoms with Crippen LogP contribution in [0.5, 0.6) is 0 Å². The van der Waals surface area contributed by atoms with Gasteiger partial charge in [-0.15, -0.1) is 0 Å². The molecule has 0 radical (unpaired) electrons. The van der Waals surface area contributed by atoms with Gasteiger partial charge in [-0.3, -0.25) is 14.7 Å². The monoisotopic (exact) mass is 504 g/mol. The molecule has 3 aliphatic heterocycles. The first kappa shape index (κ1) is 25.4. The molecule has 2 aromatic rings. The normalized spacial score (nSPS) is 22.8. The Morgan fingerprint density at radius 2 is 1.73 bits per heavy atom. The number of nitrogens with one attached hydrogen (secondary N) is 2. The molecule has 9 nitrogen and oxygen atoms in total. The van der Waals surface area contributed by atoms with Gasteiger partial charge in [-0.05, 0) is 48.7 Å². The van der Waals surface area contributed by atoms with Gasteiger partial charge < -0.3 is 25.0 Å². The van der Waals surface area contributed by atoms with Gasteiger partial charge in [0.2, 0.25) is 0 Å². The number of hydrogen-bond donors (Lipinski definition) is 2. The zero-order valence-corrected chi connectivity index (χ0v) is 21.9. The van der Waals surface area contributed by atoms with E-state index in [-0.39, 0.29) is 11.8 Å². The van der Waals surface area contributed by atoms with Crippen LogP contribution in [-0.2, 0) is 9.47 Å². The Balaban J connectivity index is 1.46. The van der Waals surface area contributed by atoms with Crippen LogP contribution >= 0.6 is 0 Å². The number of nitrogens with zero attached hydrogens (tertiary/aromatic N) is 4. The van der Waals surface area contributed by atoms with Gasteiger partial charge in [0.15, 0.2) is 0 Å². The summed E-state index contributed by atoms with van der Waals surface area (Å²) in [4.78, 5) is 26.8. The van der Waals surface area contributed by atoms with E-state index in [9.17, 15) is 4.79 Å². The van der Waals surface area contributed by atoms with Crippen LogP contribution in [0.4, 0.5) is 5.82 Å². The fraction of sp³-hybridized carbons (Fsp3) is 0.464. The molecule has 1 unspecified atom stereocenters. The molecule has 0 bridgehead atoms. The van der Waals surface area contributed by atoms with Gasteiger partial charge in [-0.2, -0.15) is 0 Å². The molecule has 0 aliphatic carbocycles. The summed E-state index contributed by atoms with van der Waals surface area (Å²) in [6.45, 7) is 12.4. The molecule has 5 rings (SSSR count). The average Bonchev–Trinajstić information content (AvgIpc) is 2.95. The van der Waals surface area contributed by atoms with Gasteiger partial charge in [-0.1, -0.05) is 13.8 Å². The lowest BCUT2D eigenvalue weighted by molar-refractivity contribution is -0.00395. The Bertz CT molecular complexity index is 1180. The number of anilines is 1. The predicted octanol–water partition coefficient (Wildman–Crippen LogP) is 2.74. The summed E-state index contributed by atoms with van der Waals surface area (Å²) in [5.41, 5.74) is 3.86. The molecule has 196 valence electrons. The van der Waals surface area contributed by atoms with Gasteiger partial charge in [0, 0.05) is 61.6 Å². The van der Waals surface area contributed by atoms with E-state index >= 15 is 0 Å². The lowest BCUT2D eigenvalue weighted by Gasteiger charge is -2.46. The maximum atomic E-state index is 13.2. The molecule has 2 fully saturated rings. The molecule has 1 amide bonds. The van der Waals surface area contributed by atoms with Crippen LogP contribution in [0.25, 0.3) is 5.57 Å². The second kappa shape index (κ2) is 11.0. The Kier molecular flexibility index (Phi) is 7.55. The summed E-state index contributed by atoms with van der Waals surface area (Å²) >= 11 is 0. The smallest absolute Gasteiger partial charge is 0.255 e. The number of dihydropyridines is 1. The highest BCUT2D eigenvalue weighted by atomic mass is 16.5. The summed E-state index contributed by atoms with van der Waals surface area (Å²) in [7, 11) is 0. The van der Waals surface area contributed by atoms with E-state index in [0.717, 1.165) is 48.8 Å². The second-order valence-electron chi connectivity index (χ2n) is 10.1. The molecule has 0 spiro atoms. The summed E-state index contributed by atoms with van der Waals surface area (Å²) in [5.74, 6) is 1.02. The highest BCUT2D eigenvalue weighted by Crippen LogP contribution is 2.35. The largest absolute Gasteiger partial charge is 0.379 e. The van der Waals surface area contributed by atoms with Gasteiger partial charge in [0.25, 0.3) is 5.91 Å². The number of rotatable bonds is 6. The lowest BCUT2D eigenvalue weighted by Crippen LogP contribution is -2.60. The molecule has 0 saturated carbocycles. The molecule has 2 N–H and O–H groups in total. The van der Waals surface area contributed by atoms with Crippen molar-refractivity contribution in [2.75, 3.05) is 57.5 Å². The van der Waals surface area contributed by atoms with Crippen LogP contribution in [0.15, 0.2) is 54.6 Å². The van der Waals surface area contributed by atoms with Crippen molar-refractivity contribution in [2.45, 2.75) is 32.4 Å². The predicted molar refractivity (Wildman–Crippen MR) is 143 cm³/mol. The minimum atomic E-state index is -0.469. The van der Waals surface area contributed by atoms with Crippen molar-refractivity contribution in [2.24, 2.45) is 0 Å². The summed E-state index contributed by atoms with van der Waals surface area (Å²) < 4.78 is 11.2. The molecule has 5 heterocycles. The lowest BCUT2D eigenvalue weighted by atomic mass is 9.89. The van der Waals surface area contributed by atoms with Crippen LogP contribution < -0.4 is 15.5 Å². The number of hydrogen-bond acceptors (Lipinski definition) is 8. The fourth-order valence-electron chi connectivity index (χ4n) is 5.00. The average molecular weight is 505 g/mol. The zero-order valence-electron chi connectivity index (χ0n) is 21.9. The third kappa shape index (κ3) is 5.53. The number of carbonyl (C=O) groups excluding carboxylic acids is 1. The van der Waals surface area contributed by atoms with E-state index < -0.39 is 5.66 Å². The number of ether oxygens (including phenoxy) is 2. The zero-order chi connectivity index (χ0) is 25.8. The van der Waals surface area contributed by atoms with Crippen LogP contribution in [0.1, 0.15) is 48.3 Å². The molecule has 3 aliphatic rings. The van der Waals surface area contributed by atoms with Gasteiger partial charge >= 0.3 is 0 Å². The van der Waals surface area contributed by atoms with E-state index in [1.807, 2.05) is 24.5 Å². The quantitative estimate of drug-likeness (QED) is 0.621. The number of aromatic nitrogens is 2. The second-order valence-corrected chi connectivity index (χ2v) is 10.1. The number of morpholine rings is 2. The first-order valence-electron chi connectivity index (χ1n) is 13.0. The van der Waals surface area contributed by atoms with E-state index in [2.05, 4.69) is 63.3 Å². The summed E-state index contributed by atoms with van der Waals surface area (Å²) in [6, 6.07) is 7.79. The molecule has 9 heteroatoms. The Hall–Kier alpha value is -3.27. The van der Waals surface area contributed by atoms with Gasteiger partial charge in [0.1, 0.15) is 11.5 Å². The topological polar surface area (TPSA) is 91.9 Å². The van der Waals surface area contributed by atoms with E-state index in [1.54, 1.807) is 12.3 Å². The molecule has 2 saturated heterocycles. The Morgan fingerprint density at radius 1 is 1.03 bits per heavy atom. The standard InChI is InChI=1S/C28H36N6O3/c1-20(2)25-16-22(5-6-29-25)27(35)32-23-18-24(28(3,31-19-23)34-10-14-37-15-11-34)21-4-7-30-26(17-21)33-8-12-36-13-9-33/h4-7,16-20,31H,8-15H2,1-3H3,(H,32,35). The minimum absolute atomic E-state index is 0.161. The van der Waals surface area contributed by atoms with Crippen molar-refractivity contribution in [1.82, 2.24) is 25.5 Å². The van der Waals surface area contributed by atoms with Gasteiger partial charge in [-0.25, -0.2) is 4.98 Å². The van der Waals surface area contributed by atoms with Crippen molar-refractivity contribution in [3.8, 4) is 0 Å². The van der Waals surface area contributed by atoms with E-state index in [0.29, 0.717) is 37.7 Å². The van der Waals surface area contributed by atoms with Crippen molar-refractivity contribution >= 4 is 17.3 Å². The number of allylic oxidation sites excluding steroid dienone is 1. The number of pyridine rings is 2. The molecule has 0 aromatic carbocycles. The number of carbonyl (C=O) groups is 1. The first-order valence-corrected chi connectivity index (χ1v) is 13.0. The number of amides is 1.